The quantitative estimate of drug-likeness (QED) is 0.483. The van der Waals surface area contributed by atoms with E-state index in [1.165, 1.54) is 0 Å². The van der Waals surface area contributed by atoms with Gasteiger partial charge in [-0.15, -0.1) is 0 Å². The molecular formula is C7H7Cl3N2O3S. The van der Waals surface area contributed by atoms with E-state index in [-0.39, 0.29) is 28.6 Å². The Morgan fingerprint density at radius 2 is 1.69 bits per heavy atom. The van der Waals surface area contributed by atoms with Crippen LogP contribution in [0.2, 0.25) is 15.6 Å². The van der Waals surface area contributed by atoms with Crippen molar-refractivity contribution < 1.29 is 12.6 Å². The number of halogens is 3. The lowest BCUT2D eigenvalue weighted by Gasteiger charge is -2.05. The molecule has 0 saturated heterocycles. The third-order valence-electron chi connectivity index (χ3n) is 1.53. The van der Waals surface area contributed by atoms with Gasteiger partial charge in [-0.05, 0) is 11.6 Å². The first-order valence-corrected chi connectivity index (χ1v) is 6.96. The zero-order valence-corrected chi connectivity index (χ0v) is 11.2. The van der Waals surface area contributed by atoms with Crippen molar-refractivity contribution in [2.45, 2.75) is 6.42 Å². The van der Waals surface area contributed by atoms with Gasteiger partial charge in [-0.2, -0.15) is 8.42 Å². The van der Waals surface area contributed by atoms with Crippen LogP contribution in [0.4, 0.5) is 0 Å². The fraction of sp³-hybridized carbons (Fsp3) is 0.429. The molecule has 0 saturated carbocycles. The lowest BCUT2D eigenvalue weighted by Crippen LogP contribution is -2.07. The van der Waals surface area contributed by atoms with Crippen LogP contribution in [0.15, 0.2) is 0 Å². The van der Waals surface area contributed by atoms with E-state index < -0.39 is 10.1 Å². The third kappa shape index (κ3) is 4.39. The highest BCUT2D eigenvalue weighted by atomic mass is 35.5. The summed E-state index contributed by atoms with van der Waals surface area (Å²) in [5.74, 6) is 0. The Morgan fingerprint density at radius 1 is 1.19 bits per heavy atom. The van der Waals surface area contributed by atoms with Crippen LogP contribution < -0.4 is 0 Å². The molecule has 0 N–H and O–H groups in total. The topological polar surface area (TPSA) is 69.2 Å². The summed E-state index contributed by atoms with van der Waals surface area (Å²) in [7, 11) is -3.48. The van der Waals surface area contributed by atoms with Crippen molar-refractivity contribution in [3.05, 3.63) is 21.2 Å². The van der Waals surface area contributed by atoms with E-state index in [9.17, 15) is 8.42 Å². The molecule has 90 valence electrons. The molecule has 0 amide bonds. The van der Waals surface area contributed by atoms with Crippen molar-refractivity contribution in [1.29, 1.82) is 0 Å². The average molecular weight is 306 g/mol. The number of aromatic nitrogens is 2. The van der Waals surface area contributed by atoms with E-state index in [4.69, 9.17) is 34.8 Å². The average Bonchev–Trinajstić information content (AvgIpc) is 2.07. The molecule has 0 spiro atoms. The van der Waals surface area contributed by atoms with Crippen LogP contribution in [0.1, 0.15) is 5.56 Å². The van der Waals surface area contributed by atoms with Crippen LogP contribution in [0.25, 0.3) is 0 Å². The van der Waals surface area contributed by atoms with Crippen LogP contribution in [-0.2, 0) is 20.7 Å². The van der Waals surface area contributed by atoms with Crippen molar-refractivity contribution in [1.82, 2.24) is 9.97 Å². The summed E-state index contributed by atoms with van der Waals surface area (Å²) < 4.78 is 25.9. The molecule has 5 nitrogen and oxygen atoms in total. The zero-order chi connectivity index (χ0) is 12.3. The Hall–Kier alpha value is -0.140. The first-order valence-electron chi connectivity index (χ1n) is 4.01. The normalized spacial score (nSPS) is 11.8. The Kier molecular flexibility index (Phi) is 4.75. The van der Waals surface area contributed by atoms with E-state index in [1.807, 2.05) is 0 Å². The first kappa shape index (κ1) is 13.9. The molecular weight excluding hydrogens is 299 g/mol. The van der Waals surface area contributed by atoms with Crippen LogP contribution in [0.5, 0.6) is 0 Å². The van der Waals surface area contributed by atoms with Crippen LogP contribution in [0, 0.1) is 0 Å². The molecule has 0 atom stereocenters. The highest BCUT2D eigenvalue weighted by molar-refractivity contribution is 7.85. The highest BCUT2D eigenvalue weighted by Gasteiger charge is 2.11. The molecule has 1 rings (SSSR count). The van der Waals surface area contributed by atoms with E-state index >= 15 is 0 Å². The summed E-state index contributed by atoms with van der Waals surface area (Å²) in [5, 5.41) is 0.104. The summed E-state index contributed by atoms with van der Waals surface area (Å²) in [5.41, 5.74) is 0.399. The van der Waals surface area contributed by atoms with Crippen LogP contribution in [-0.4, -0.2) is 31.2 Å². The molecule has 1 aromatic rings. The van der Waals surface area contributed by atoms with Gasteiger partial charge in [-0.3, -0.25) is 4.18 Å². The maximum Gasteiger partial charge on any atom is 0.264 e. The second-order valence-electron chi connectivity index (χ2n) is 2.83. The number of rotatable bonds is 4. The Morgan fingerprint density at radius 3 is 2.12 bits per heavy atom. The van der Waals surface area contributed by atoms with Crippen LogP contribution in [0.3, 0.4) is 0 Å². The van der Waals surface area contributed by atoms with Crippen LogP contribution >= 0.6 is 34.8 Å². The molecule has 0 radical (unpaired) electrons. The van der Waals surface area contributed by atoms with E-state index in [0.29, 0.717) is 5.56 Å². The van der Waals surface area contributed by atoms with E-state index in [2.05, 4.69) is 14.2 Å². The molecule has 1 heterocycles. The predicted molar refractivity (Wildman–Crippen MR) is 61.6 cm³/mol. The molecule has 16 heavy (non-hydrogen) atoms. The Labute approximate surface area is 108 Å². The summed E-state index contributed by atoms with van der Waals surface area (Å²) in [6.45, 7) is -0.0801. The number of hydrogen-bond donors (Lipinski definition) is 0. The van der Waals surface area contributed by atoms with Gasteiger partial charge in [0.15, 0.2) is 0 Å². The SMILES string of the molecule is CS(=O)(=O)OCCc1c(Cl)nc(Cl)nc1Cl. The van der Waals surface area contributed by atoms with Crippen molar-refractivity contribution in [3.63, 3.8) is 0 Å². The smallest absolute Gasteiger partial charge is 0.264 e. The molecule has 0 aliphatic heterocycles. The first-order chi connectivity index (χ1) is 7.29. The van der Waals surface area contributed by atoms with E-state index in [0.717, 1.165) is 6.26 Å². The number of hydrogen-bond acceptors (Lipinski definition) is 5. The molecule has 0 fully saturated rings. The van der Waals surface area contributed by atoms with Crippen molar-refractivity contribution in [2.24, 2.45) is 0 Å². The lowest BCUT2D eigenvalue weighted by molar-refractivity contribution is 0.325. The van der Waals surface area contributed by atoms with Gasteiger partial charge in [-0.1, -0.05) is 23.2 Å². The van der Waals surface area contributed by atoms with Gasteiger partial charge in [0.2, 0.25) is 5.28 Å². The predicted octanol–water partition coefficient (Wildman–Crippen LogP) is 1.96. The molecule has 0 aliphatic carbocycles. The minimum absolute atomic E-state index is 0.0669. The summed E-state index contributed by atoms with van der Waals surface area (Å²) in [6.07, 6.45) is 1.14. The fourth-order valence-electron chi connectivity index (χ4n) is 0.908. The standard InChI is InChI=1S/C7H7Cl3N2O3S/c1-16(13,14)15-3-2-4-5(8)11-7(10)12-6(4)9/h2-3H2,1H3. The third-order valence-corrected chi connectivity index (χ3v) is 2.92. The zero-order valence-electron chi connectivity index (χ0n) is 8.08. The van der Waals surface area contributed by atoms with Crippen molar-refractivity contribution in [2.75, 3.05) is 12.9 Å². The summed E-state index contributed by atoms with van der Waals surface area (Å²) >= 11 is 17.0. The molecule has 0 bridgehead atoms. The Balaban J connectivity index is 2.75. The second kappa shape index (κ2) is 5.46. The maximum atomic E-state index is 10.7. The minimum Gasteiger partial charge on any atom is -0.270 e. The van der Waals surface area contributed by atoms with Crippen molar-refractivity contribution in [3.8, 4) is 0 Å². The maximum absolute atomic E-state index is 10.7. The van der Waals surface area contributed by atoms with Gasteiger partial charge in [0, 0.05) is 12.0 Å². The van der Waals surface area contributed by atoms with Gasteiger partial charge in [-0.25, -0.2) is 9.97 Å². The van der Waals surface area contributed by atoms with Gasteiger partial charge in [0.1, 0.15) is 10.3 Å². The molecule has 0 unspecified atom stereocenters. The minimum atomic E-state index is -3.48. The van der Waals surface area contributed by atoms with Gasteiger partial charge in [0.25, 0.3) is 10.1 Å². The highest BCUT2D eigenvalue weighted by Crippen LogP contribution is 2.23. The molecule has 1 aromatic heterocycles. The largest absolute Gasteiger partial charge is 0.270 e. The molecule has 0 aromatic carbocycles. The molecule has 0 aliphatic rings. The summed E-state index contributed by atoms with van der Waals surface area (Å²) in [6, 6.07) is 0. The molecule has 9 heteroatoms. The monoisotopic (exact) mass is 304 g/mol. The Bertz CT molecular complexity index is 469. The van der Waals surface area contributed by atoms with Gasteiger partial charge >= 0.3 is 0 Å². The van der Waals surface area contributed by atoms with Crippen molar-refractivity contribution >= 4 is 44.9 Å². The van der Waals surface area contributed by atoms with E-state index in [1.54, 1.807) is 0 Å². The lowest BCUT2D eigenvalue weighted by atomic mass is 10.2. The number of nitrogens with zero attached hydrogens (tertiary/aromatic N) is 2. The van der Waals surface area contributed by atoms with Gasteiger partial charge < -0.3 is 0 Å². The summed E-state index contributed by atoms with van der Waals surface area (Å²) in [4.78, 5) is 7.36. The fourth-order valence-corrected chi connectivity index (χ4v) is 2.13. The second-order valence-corrected chi connectivity index (χ2v) is 5.53. The van der Waals surface area contributed by atoms with Gasteiger partial charge in [0.05, 0.1) is 12.9 Å².